The molecule has 0 saturated heterocycles. The number of carbonyl (C=O) groups excluding carboxylic acids is 2. The molecule has 4 rings (SSSR count). The van der Waals surface area contributed by atoms with Crippen LogP contribution >= 0.6 is 0 Å². The molecule has 0 fully saturated rings. The Hall–Kier alpha value is -4.93. The van der Waals surface area contributed by atoms with Crippen LogP contribution in [-0.4, -0.2) is 11.8 Å². The lowest BCUT2D eigenvalue weighted by Crippen LogP contribution is -2.40. The Morgan fingerprint density at radius 2 is 1.43 bits per heavy atom. The van der Waals surface area contributed by atoms with Gasteiger partial charge in [-0.2, -0.15) is 15.8 Å². The van der Waals surface area contributed by atoms with Gasteiger partial charge in [-0.15, -0.1) is 0 Å². The predicted octanol–water partition coefficient (Wildman–Crippen LogP) is 3.88. The second kappa shape index (κ2) is 7.24. The van der Waals surface area contributed by atoms with Gasteiger partial charge in [0.15, 0.2) is 5.57 Å². The highest BCUT2D eigenvalue weighted by atomic mass is 16.2. The van der Waals surface area contributed by atoms with E-state index in [1.54, 1.807) is 78.9 Å². The summed E-state index contributed by atoms with van der Waals surface area (Å²) in [7, 11) is 0. The minimum Gasteiger partial charge on any atom is -0.345 e. The van der Waals surface area contributed by atoms with Crippen LogP contribution in [-0.2, 0) is 0 Å². The molecular formula is C23H11N5O2. The molecule has 3 aromatic rings. The quantitative estimate of drug-likeness (QED) is 0.536. The molecule has 1 aliphatic heterocycles. The van der Waals surface area contributed by atoms with Crippen LogP contribution < -0.4 is 10.2 Å². The monoisotopic (exact) mass is 389 g/mol. The third-order valence-corrected chi connectivity index (χ3v) is 4.77. The summed E-state index contributed by atoms with van der Waals surface area (Å²) in [6, 6.07) is 22.0. The van der Waals surface area contributed by atoms with Crippen LogP contribution in [0.4, 0.5) is 11.4 Å². The maximum absolute atomic E-state index is 13.1. The summed E-state index contributed by atoms with van der Waals surface area (Å²) in [5, 5.41) is 31.2. The number of anilines is 2. The summed E-state index contributed by atoms with van der Waals surface area (Å²) < 4.78 is 0. The number of rotatable bonds is 3. The van der Waals surface area contributed by atoms with Gasteiger partial charge in [0.25, 0.3) is 11.8 Å². The van der Waals surface area contributed by atoms with Crippen molar-refractivity contribution >= 4 is 34.0 Å². The molecule has 1 aliphatic rings. The lowest BCUT2D eigenvalue weighted by molar-refractivity contribution is 0.0893. The third kappa shape index (κ3) is 2.74. The Balaban J connectivity index is 1.91. The van der Waals surface area contributed by atoms with Crippen molar-refractivity contribution in [1.82, 2.24) is 0 Å². The molecule has 1 N–H and O–H groups in total. The molecule has 0 aliphatic carbocycles. The van der Waals surface area contributed by atoms with Crippen molar-refractivity contribution in [1.29, 1.82) is 15.8 Å². The average molecular weight is 389 g/mol. The first-order valence-corrected chi connectivity index (χ1v) is 8.82. The second-order valence-corrected chi connectivity index (χ2v) is 6.38. The standard InChI is InChI=1S/C23H11N5O2/c24-11-14(12-25)20(13-26)27-19-10-9-18-21-16(19)7-4-8-17(21)22(29)28(23(18)30)15-5-2-1-3-6-15/h1-10,27H. The number of nitrogens with zero attached hydrogens (tertiary/aromatic N) is 4. The molecule has 30 heavy (non-hydrogen) atoms. The van der Waals surface area contributed by atoms with Crippen molar-refractivity contribution in [2.45, 2.75) is 0 Å². The lowest BCUT2D eigenvalue weighted by Gasteiger charge is -2.27. The number of hydrogen-bond acceptors (Lipinski definition) is 6. The first kappa shape index (κ1) is 18.4. The summed E-state index contributed by atoms with van der Waals surface area (Å²) in [6.45, 7) is 0. The Labute approximate surface area is 171 Å². The van der Waals surface area contributed by atoms with E-state index in [0.29, 0.717) is 33.3 Å². The molecule has 0 radical (unpaired) electrons. The summed E-state index contributed by atoms with van der Waals surface area (Å²) in [5.41, 5.74) is 1.000. The van der Waals surface area contributed by atoms with Gasteiger partial charge in [-0.1, -0.05) is 30.3 Å². The maximum atomic E-state index is 13.1. The van der Waals surface area contributed by atoms with Gasteiger partial charge < -0.3 is 5.32 Å². The van der Waals surface area contributed by atoms with Crippen molar-refractivity contribution in [3.8, 4) is 18.2 Å². The first-order valence-electron chi connectivity index (χ1n) is 8.82. The molecule has 0 bridgehead atoms. The van der Waals surface area contributed by atoms with Gasteiger partial charge in [-0.05, 0) is 30.3 Å². The van der Waals surface area contributed by atoms with Crippen LogP contribution in [0.3, 0.4) is 0 Å². The van der Waals surface area contributed by atoms with Crippen LogP contribution in [0, 0.1) is 34.0 Å². The van der Waals surface area contributed by atoms with E-state index in [-0.39, 0.29) is 11.3 Å². The van der Waals surface area contributed by atoms with Crippen LogP contribution in [0.1, 0.15) is 20.7 Å². The highest BCUT2D eigenvalue weighted by Gasteiger charge is 2.34. The van der Waals surface area contributed by atoms with E-state index in [4.69, 9.17) is 10.5 Å². The van der Waals surface area contributed by atoms with E-state index < -0.39 is 11.8 Å². The smallest absolute Gasteiger partial charge is 0.265 e. The van der Waals surface area contributed by atoms with Crippen molar-refractivity contribution in [3.05, 3.63) is 83.1 Å². The summed E-state index contributed by atoms with van der Waals surface area (Å²) in [6.07, 6.45) is 0. The van der Waals surface area contributed by atoms with Crippen LogP contribution in [0.15, 0.2) is 71.9 Å². The number of imide groups is 1. The molecule has 0 atom stereocenters. The molecule has 2 amide bonds. The van der Waals surface area contributed by atoms with Crippen LogP contribution in [0.2, 0.25) is 0 Å². The fourth-order valence-electron chi connectivity index (χ4n) is 3.43. The Bertz CT molecular complexity index is 1350. The van der Waals surface area contributed by atoms with E-state index in [2.05, 4.69) is 5.32 Å². The van der Waals surface area contributed by atoms with E-state index in [0.717, 1.165) is 4.90 Å². The molecule has 0 unspecified atom stereocenters. The topological polar surface area (TPSA) is 121 Å². The summed E-state index contributed by atoms with van der Waals surface area (Å²) >= 11 is 0. The number of para-hydroxylation sites is 1. The molecule has 1 heterocycles. The average Bonchev–Trinajstić information content (AvgIpc) is 2.78. The minimum absolute atomic E-state index is 0.208. The number of nitriles is 3. The second-order valence-electron chi connectivity index (χ2n) is 6.38. The highest BCUT2D eigenvalue weighted by molar-refractivity contribution is 6.36. The van der Waals surface area contributed by atoms with E-state index in [1.165, 1.54) is 0 Å². The van der Waals surface area contributed by atoms with Gasteiger partial charge in [0.05, 0.1) is 5.69 Å². The molecule has 140 valence electrons. The van der Waals surface area contributed by atoms with Crippen molar-refractivity contribution in [3.63, 3.8) is 0 Å². The van der Waals surface area contributed by atoms with Gasteiger partial charge in [0.2, 0.25) is 0 Å². The number of nitrogens with one attached hydrogen (secondary N) is 1. The van der Waals surface area contributed by atoms with Gasteiger partial charge in [0, 0.05) is 27.6 Å². The molecular weight excluding hydrogens is 378 g/mol. The molecule has 0 saturated carbocycles. The molecule has 0 spiro atoms. The van der Waals surface area contributed by atoms with E-state index in [9.17, 15) is 14.9 Å². The van der Waals surface area contributed by atoms with Gasteiger partial charge in [-0.25, -0.2) is 4.90 Å². The van der Waals surface area contributed by atoms with Crippen molar-refractivity contribution in [2.75, 3.05) is 10.2 Å². The largest absolute Gasteiger partial charge is 0.345 e. The number of carbonyl (C=O) groups is 2. The molecule has 3 aromatic carbocycles. The predicted molar refractivity (Wildman–Crippen MR) is 109 cm³/mol. The Morgan fingerprint density at radius 3 is 2.07 bits per heavy atom. The van der Waals surface area contributed by atoms with E-state index in [1.807, 2.05) is 0 Å². The van der Waals surface area contributed by atoms with Gasteiger partial charge in [0.1, 0.15) is 23.9 Å². The zero-order chi connectivity index (χ0) is 21.3. The SMILES string of the molecule is N#CC(C#N)=C(C#N)Nc1ccc2c3c(cccc13)C(=O)N(c1ccccc1)C2=O. The fraction of sp³-hybridized carbons (Fsp3) is 0. The maximum Gasteiger partial charge on any atom is 0.265 e. The lowest BCUT2D eigenvalue weighted by atomic mass is 9.92. The van der Waals surface area contributed by atoms with Gasteiger partial charge in [-0.3, -0.25) is 9.59 Å². The number of allylic oxidation sites excluding steroid dienone is 2. The first-order chi connectivity index (χ1) is 14.6. The number of hydrogen-bond donors (Lipinski definition) is 1. The Kier molecular flexibility index (Phi) is 4.45. The zero-order valence-corrected chi connectivity index (χ0v) is 15.4. The zero-order valence-electron chi connectivity index (χ0n) is 15.4. The molecule has 7 heteroatoms. The summed E-state index contributed by atoms with van der Waals surface area (Å²) in [5.74, 6) is -0.903. The highest BCUT2D eigenvalue weighted by Crippen LogP contribution is 2.36. The fourth-order valence-corrected chi connectivity index (χ4v) is 3.43. The normalized spacial score (nSPS) is 12.0. The van der Waals surface area contributed by atoms with Gasteiger partial charge >= 0.3 is 0 Å². The minimum atomic E-state index is -0.452. The number of amides is 2. The molecule has 0 aromatic heterocycles. The van der Waals surface area contributed by atoms with Crippen molar-refractivity contribution in [2.24, 2.45) is 0 Å². The number of benzene rings is 3. The van der Waals surface area contributed by atoms with E-state index >= 15 is 0 Å². The van der Waals surface area contributed by atoms with Crippen molar-refractivity contribution < 1.29 is 9.59 Å². The summed E-state index contributed by atoms with van der Waals surface area (Å²) in [4.78, 5) is 27.4. The molecule has 7 nitrogen and oxygen atoms in total. The van der Waals surface area contributed by atoms with Crippen LogP contribution in [0.25, 0.3) is 10.8 Å². The third-order valence-electron chi connectivity index (χ3n) is 4.77. The Morgan fingerprint density at radius 1 is 0.767 bits per heavy atom. The van der Waals surface area contributed by atoms with Crippen LogP contribution in [0.5, 0.6) is 0 Å².